The van der Waals surface area contributed by atoms with Gasteiger partial charge in [-0.15, -0.1) is 0 Å². The summed E-state index contributed by atoms with van der Waals surface area (Å²) in [6.07, 6.45) is -5.18. The predicted octanol–water partition coefficient (Wildman–Crippen LogP) is 4.26. The molecule has 0 radical (unpaired) electrons. The van der Waals surface area contributed by atoms with E-state index in [0.717, 1.165) is 9.58 Å². The molecule has 0 unspecified atom stereocenters. The lowest BCUT2D eigenvalue weighted by molar-refractivity contribution is -0.138. The first-order valence-electron chi connectivity index (χ1n) is 6.11. The molecule has 1 amide bonds. The molecule has 10 heteroatoms. The van der Waals surface area contributed by atoms with Crippen molar-refractivity contribution in [1.29, 1.82) is 0 Å². The van der Waals surface area contributed by atoms with E-state index in [2.05, 4.69) is 5.10 Å². The quantitative estimate of drug-likeness (QED) is 0.796. The first kappa shape index (κ1) is 17.4. The third kappa shape index (κ3) is 3.70. The molecule has 1 aromatic carbocycles. The lowest BCUT2D eigenvalue weighted by atomic mass is 10.3. The average Bonchev–Trinajstić information content (AvgIpc) is 2.82. The Labute approximate surface area is 139 Å². The van der Waals surface area contributed by atoms with Gasteiger partial charge < -0.3 is 9.64 Å². The van der Waals surface area contributed by atoms with E-state index in [9.17, 15) is 18.0 Å². The van der Waals surface area contributed by atoms with Crippen molar-refractivity contribution < 1.29 is 22.7 Å². The maximum Gasteiger partial charge on any atom is 0.423 e. The van der Waals surface area contributed by atoms with Crippen LogP contribution in [0.3, 0.4) is 0 Å². The molecule has 0 saturated carbocycles. The van der Waals surface area contributed by atoms with Crippen LogP contribution in [0.2, 0.25) is 10.0 Å². The molecule has 1 heterocycles. The molecule has 0 spiro atoms. The summed E-state index contributed by atoms with van der Waals surface area (Å²) in [5.41, 5.74) is -1.10. The number of carbonyl (C=O) groups excluding carboxylic acids is 1. The minimum absolute atomic E-state index is 0.0523. The number of rotatable bonds is 2. The third-order valence-corrected chi connectivity index (χ3v) is 3.26. The maximum atomic E-state index is 13.1. The Morgan fingerprint density at radius 2 is 1.96 bits per heavy atom. The maximum absolute atomic E-state index is 13.1. The van der Waals surface area contributed by atoms with Crippen molar-refractivity contribution in [2.24, 2.45) is 0 Å². The molecule has 5 nitrogen and oxygen atoms in total. The number of benzene rings is 1. The summed E-state index contributed by atoms with van der Waals surface area (Å²) in [5.74, 6) is -0.777. The van der Waals surface area contributed by atoms with Crippen molar-refractivity contribution in [3.8, 4) is 11.6 Å². The number of hydrogen-bond acceptors (Lipinski definition) is 3. The van der Waals surface area contributed by atoms with E-state index in [-0.39, 0.29) is 10.7 Å². The van der Waals surface area contributed by atoms with E-state index >= 15 is 0 Å². The summed E-state index contributed by atoms with van der Waals surface area (Å²) in [7, 11) is 2.68. The van der Waals surface area contributed by atoms with Gasteiger partial charge in [0.15, 0.2) is 0 Å². The van der Waals surface area contributed by atoms with Crippen molar-refractivity contribution in [2.75, 3.05) is 14.1 Å². The van der Waals surface area contributed by atoms with Crippen LogP contribution in [-0.2, 0) is 6.18 Å². The Morgan fingerprint density at radius 3 is 2.48 bits per heavy atom. The average molecular weight is 368 g/mol. The molecule has 0 fully saturated rings. The molecule has 0 N–H and O–H groups in total. The van der Waals surface area contributed by atoms with Gasteiger partial charge in [-0.2, -0.15) is 23.0 Å². The van der Waals surface area contributed by atoms with Crippen LogP contribution in [0.4, 0.5) is 18.0 Å². The van der Waals surface area contributed by atoms with Gasteiger partial charge in [0.2, 0.25) is 5.88 Å². The third-order valence-electron chi connectivity index (χ3n) is 2.72. The summed E-state index contributed by atoms with van der Waals surface area (Å²) in [4.78, 5) is 12.6. The van der Waals surface area contributed by atoms with Crippen molar-refractivity contribution in [1.82, 2.24) is 14.7 Å². The van der Waals surface area contributed by atoms with Crippen molar-refractivity contribution in [3.05, 3.63) is 40.0 Å². The van der Waals surface area contributed by atoms with E-state index < -0.39 is 23.7 Å². The molecular formula is C13H10Cl2F3N3O2. The SMILES string of the molecule is CN(C)C(=O)Oc1c(C(F)(F)F)cnn1-c1ccc(Cl)cc1Cl. The van der Waals surface area contributed by atoms with E-state index in [0.29, 0.717) is 11.2 Å². The number of alkyl halides is 3. The minimum Gasteiger partial charge on any atom is -0.390 e. The van der Waals surface area contributed by atoms with Crippen LogP contribution in [0.1, 0.15) is 5.56 Å². The zero-order chi connectivity index (χ0) is 17.4. The van der Waals surface area contributed by atoms with Gasteiger partial charge in [0.1, 0.15) is 5.56 Å². The number of amides is 1. The van der Waals surface area contributed by atoms with Crippen LogP contribution in [-0.4, -0.2) is 34.9 Å². The Kier molecular flexibility index (Phi) is 4.76. The van der Waals surface area contributed by atoms with Crippen molar-refractivity contribution in [3.63, 3.8) is 0 Å². The lowest BCUT2D eigenvalue weighted by Crippen LogP contribution is -2.27. The van der Waals surface area contributed by atoms with Crippen molar-refractivity contribution in [2.45, 2.75) is 6.18 Å². The highest BCUT2D eigenvalue weighted by Crippen LogP contribution is 2.38. The largest absolute Gasteiger partial charge is 0.423 e. The van der Waals surface area contributed by atoms with Crippen LogP contribution in [0, 0.1) is 0 Å². The summed E-state index contributed by atoms with van der Waals surface area (Å²) >= 11 is 11.7. The Bertz CT molecular complexity index is 745. The van der Waals surface area contributed by atoms with Gasteiger partial charge >= 0.3 is 12.3 Å². The zero-order valence-corrected chi connectivity index (χ0v) is 13.4. The molecule has 124 valence electrons. The van der Waals surface area contributed by atoms with Crippen LogP contribution in [0.15, 0.2) is 24.4 Å². The molecule has 0 aliphatic rings. The molecule has 0 bridgehead atoms. The number of aromatic nitrogens is 2. The molecular weight excluding hydrogens is 358 g/mol. The molecule has 0 saturated heterocycles. The first-order chi connectivity index (χ1) is 10.6. The van der Waals surface area contributed by atoms with Crippen LogP contribution >= 0.6 is 23.2 Å². The number of carbonyl (C=O) groups is 1. The lowest BCUT2D eigenvalue weighted by Gasteiger charge is -2.15. The number of hydrogen-bond donors (Lipinski definition) is 0. The molecule has 1 aromatic heterocycles. The van der Waals surface area contributed by atoms with Gasteiger partial charge in [-0.1, -0.05) is 23.2 Å². The molecule has 2 aromatic rings. The van der Waals surface area contributed by atoms with Crippen LogP contribution in [0.5, 0.6) is 5.88 Å². The normalized spacial score (nSPS) is 11.4. The van der Waals surface area contributed by atoms with Gasteiger partial charge in [-0.3, -0.25) is 0 Å². The monoisotopic (exact) mass is 367 g/mol. The van der Waals surface area contributed by atoms with E-state index in [1.54, 1.807) is 0 Å². The van der Waals surface area contributed by atoms with Gasteiger partial charge in [-0.25, -0.2) is 4.79 Å². The molecule has 0 aliphatic carbocycles. The van der Waals surface area contributed by atoms with Gasteiger partial charge in [0.25, 0.3) is 0 Å². The summed E-state index contributed by atoms with van der Waals surface area (Å²) in [5, 5.41) is 3.98. The van der Waals surface area contributed by atoms with Gasteiger partial charge in [-0.05, 0) is 18.2 Å². The first-order valence-corrected chi connectivity index (χ1v) is 6.86. The Hall–Kier alpha value is -1.93. The predicted molar refractivity (Wildman–Crippen MR) is 78.3 cm³/mol. The molecule has 0 aliphatic heterocycles. The Morgan fingerprint density at radius 1 is 1.30 bits per heavy atom. The number of nitrogens with zero attached hydrogens (tertiary/aromatic N) is 3. The number of ether oxygens (including phenoxy) is 1. The zero-order valence-electron chi connectivity index (χ0n) is 11.9. The fraction of sp³-hybridized carbons (Fsp3) is 0.231. The fourth-order valence-corrected chi connectivity index (χ4v) is 2.12. The second kappa shape index (κ2) is 6.29. The fourth-order valence-electron chi connectivity index (χ4n) is 1.63. The summed E-state index contributed by atoms with van der Waals surface area (Å²) in [6.45, 7) is 0. The van der Waals surface area contributed by atoms with Gasteiger partial charge in [0, 0.05) is 19.1 Å². The minimum atomic E-state index is -4.75. The second-order valence-corrected chi connectivity index (χ2v) is 5.47. The summed E-state index contributed by atoms with van der Waals surface area (Å²) < 4.78 is 44.9. The standard InChI is InChI=1S/C13H10Cl2F3N3O2/c1-20(2)12(22)23-11-8(13(16,17)18)6-19-21(11)10-4-3-7(14)5-9(10)15/h3-6H,1-2H3. The Balaban J connectivity index is 2.60. The summed E-state index contributed by atoms with van der Waals surface area (Å²) in [6, 6.07) is 4.13. The highest BCUT2D eigenvalue weighted by molar-refractivity contribution is 6.35. The molecule has 23 heavy (non-hydrogen) atoms. The van der Waals surface area contributed by atoms with Gasteiger partial charge in [0.05, 0.1) is 16.9 Å². The smallest absolute Gasteiger partial charge is 0.390 e. The van der Waals surface area contributed by atoms with E-state index in [1.165, 1.54) is 32.3 Å². The number of halogens is 5. The molecule has 2 rings (SSSR count). The second-order valence-electron chi connectivity index (χ2n) is 4.63. The van der Waals surface area contributed by atoms with Crippen LogP contribution < -0.4 is 4.74 Å². The topological polar surface area (TPSA) is 47.4 Å². The van der Waals surface area contributed by atoms with Crippen LogP contribution in [0.25, 0.3) is 5.69 Å². The van der Waals surface area contributed by atoms with Crippen molar-refractivity contribution >= 4 is 29.3 Å². The molecule has 0 atom stereocenters. The van der Waals surface area contributed by atoms with E-state index in [4.69, 9.17) is 27.9 Å². The van der Waals surface area contributed by atoms with E-state index in [1.807, 2.05) is 0 Å². The highest BCUT2D eigenvalue weighted by atomic mass is 35.5. The highest BCUT2D eigenvalue weighted by Gasteiger charge is 2.39.